The van der Waals surface area contributed by atoms with Gasteiger partial charge in [-0.25, -0.2) is 9.18 Å². The molecule has 0 spiro atoms. The molecule has 2 aromatic carbocycles. The summed E-state index contributed by atoms with van der Waals surface area (Å²) in [6.45, 7) is 0.559. The number of ether oxygens (including phenoxy) is 1. The molecule has 26 heavy (non-hydrogen) atoms. The molecule has 2 aromatic rings. The normalized spacial score (nSPS) is 18.6. The Bertz CT molecular complexity index is 902. The zero-order chi connectivity index (χ0) is 18.3. The van der Waals surface area contributed by atoms with Gasteiger partial charge in [0.1, 0.15) is 12.4 Å². The number of halogens is 1. The fraction of sp³-hybridized carbons (Fsp3) is 0.278. The number of anilines is 2. The summed E-state index contributed by atoms with van der Waals surface area (Å²) in [5.74, 6) is -0.301. The zero-order valence-corrected chi connectivity index (χ0v) is 13.8. The van der Waals surface area contributed by atoms with Gasteiger partial charge in [-0.15, -0.1) is 0 Å². The fourth-order valence-electron chi connectivity index (χ4n) is 3.50. The van der Waals surface area contributed by atoms with E-state index in [1.807, 2.05) is 0 Å². The van der Waals surface area contributed by atoms with Crippen molar-refractivity contribution >= 4 is 23.2 Å². The van der Waals surface area contributed by atoms with Crippen LogP contribution in [-0.4, -0.2) is 24.2 Å². The number of carbonyl (C=O) groups excluding carboxylic acids is 1. The predicted molar refractivity (Wildman–Crippen MR) is 92.9 cm³/mol. The molecule has 2 aliphatic rings. The summed E-state index contributed by atoms with van der Waals surface area (Å²) in [6.07, 6.45) is 1.06. The van der Waals surface area contributed by atoms with Crippen LogP contribution in [0.25, 0.3) is 0 Å². The van der Waals surface area contributed by atoms with Crippen LogP contribution in [0.5, 0.6) is 0 Å². The van der Waals surface area contributed by atoms with Gasteiger partial charge in [-0.3, -0.25) is 15.0 Å². The van der Waals surface area contributed by atoms with Gasteiger partial charge in [0.15, 0.2) is 0 Å². The lowest BCUT2D eigenvalue weighted by molar-refractivity contribution is -0.384. The molecule has 4 rings (SSSR count). The molecular weight excluding hydrogens is 341 g/mol. The Morgan fingerprint density at radius 2 is 2.12 bits per heavy atom. The Hall–Kier alpha value is -3.16. The molecule has 7 nitrogen and oxygen atoms in total. The number of carbonyl (C=O) groups is 1. The molecule has 1 heterocycles. The van der Waals surface area contributed by atoms with Crippen molar-refractivity contribution in [3.63, 3.8) is 0 Å². The first kappa shape index (κ1) is 16.3. The standard InChI is InChI=1S/C18H16FN3O4/c19-12-3-1-11-2-5-15(14(11)9-12)20-16-6-4-13(22(24)25)10-17(16)21-7-8-26-18(21)23/h1,3-4,6,9-10,15,20H,2,5,7-8H2. The number of amides is 1. The average Bonchev–Trinajstić information content (AvgIpc) is 3.21. The van der Waals surface area contributed by atoms with Crippen LogP contribution in [0.3, 0.4) is 0 Å². The monoisotopic (exact) mass is 357 g/mol. The van der Waals surface area contributed by atoms with Crippen molar-refractivity contribution in [2.75, 3.05) is 23.4 Å². The van der Waals surface area contributed by atoms with E-state index >= 15 is 0 Å². The van der Waals surface area contributed by atoms with Gasteiger partial charge >= 0.3 is 6.09 Å². The Morgan fingerprint density at radius 3 is 2.85 bits per heavy atom. The minimum Gasteiger partial charge on any atom is -0.447 e. The Labute approximate surface area is 148 Å². The number of nitrogens with zero attached hydrogens (tertiary/aromatic N) is 2. The van der Waals surface area contributed by atoms with E-state index in [0.29, 0.717) is 17.9 Å². The van der Waals surface area contributed by atoms with Crippen LogP contribution in [-0.2, 0) is 11.2 Å². The second kappa shape index (κ2) is 6.29. The lowest BCUT2D eigenvalue weighted by Crippen LogP contribution is -2.25. The van der Waals surface area contributed by atoms with E-state index in [-0.39, 0.29) is 24.2 Å². The highest BCUT2D eigenvalue weighted by Gasteiger charge is 2.29. The SMILES string of the molecule is O=C1OCCN1c1cc([N+](=O)[O-])ccc1NC1CCc2ccc(F)cc21. The third-order valence-electron chi connectivity index (χ3n) is 4.76. The van der Waals surface area contributed by atoms with E-state index in [2.05, 4.69) is 5.32 Å². The Kier molecular flexibility index (Phi) is 3.95. The van der Waals surface area contributed by atoms with Gasteiger partial charge in [0, 0.05) is 12.1 Å². The first-order chi connectivity index (χ1) is 12.5. The van der Waals surface area contributed by atoms with E-state index in [1.54, 1.807) is 12.1 Å². The van der Waals surface area contributed by atoms with E-state index < -0.39 is 11.0 Å². The van der Waals surface area contributed by atoms with Gasteiger partial charge in [0.05, 0.1) is 28.9 Å². The molecule has 8 heteroatoms. The number of cyclic esters (lactones) is 1. The summed E-state index contributed by atoms with van der Waals surface area (Å²) in [6, 6.07) is 8.93. The van der Waals surface area contributed by atoms with Crippen molar-refractivity contribution in [3.8, 4) is 0 Å². The lowest BCUT2D eigenvalue weighted by Gasteiger charge is -2.22. The van der Waals surface area contributed by atoms with Crippen molar-refractivity contribution in [1.82, 2.24) is 0 Å². The number of rotatable bonds is 4. The van der Waals surface area contributed by atoms with E-state index in [0.717, 1.165) is 24.0 Å². The highest BCUT2D eigenvalue weighted by atomic mass is 19.1. The van der Waals surface area contributed by atoms with Gasteiger partial charge in [0.2, 0.25) is 0 Å². The van der Waals surface area contributed by atoms with Crippen molar-refractivity contribution in [3.05, 3.63) is 63.5 Å². The Balaban J connectivity index is 1.70. The maximum atomic E-state index is 13.6. The van der Waals surface area contributed by atoms with E-state index in [4.69, 9.17) is 4.74 Å². The van der Waals surface area contributed by atoms with Gasteiger partial charge in [-0.1, -0.05) is 6.07 Å². The number of nitro groups is 1. The maximum Gasteiger partial charge on any atom is 0.414 e. The van der Waals surface area contributed by atoms with Gasteiger partial charge in [-0.05, 0) is 42.2 Å². The smallest absolute Gasteiger partial charge is 0.414 e. The number of hydrogen-bond donors (Lipinski definition) is 1. The molecule has 1 N–H and O–H groups in total. The van der Waals surface area contributed by atoms with E-state index in [9.17, 15) is 19.3 Å². The second-order valence-corrected chi connectivity index (χ2v) is 6.30. The van der Waals surface area contributed by atoms with Gasteiger partial charge in [0.25, 0.3) is 5.69 Å². The molecule has 1 atom stereocenters. The quantitative estimate of drug-likeness (QED) is 0.665. The van der Waals surface area contributed by atoms with Crippen molar-refractivity contribution in [1.29, 1.82) is 0 Å². The van der Waals surface area contributed by atoms with Crippen LogP contribution < -0.4 is 10.2 Å². The van der Waals surface area contributed by atoms with Crippen molar-refractivity contribution < 1.29 is 18.8 Å². The minimum absolute atomic E-state index is 0.108. The number of fused-ring (bicyclic) bond motifs is 1. The molecule has 0 saturated carbocycles. The first-order valence-corrected chi connectivity index (χ1v) is 8.30. The minimum atomic E-state index is -0.536. The van der Waals surface area contributed by atoms with E-state index in [1.165, 1.54) is 29.2 Å². The average molecular weight is 357 g/mol. The largest absolute Gasteiger partial charge is 0.447 e. The lowest BCUT2D eigenvalue weighted by atomic mass is 10.1. The fourth-order valence-corrected chi connectivity index (χ4v) is 3.50. The summed E-state index contributed by atoms with van der Waals surface area (Å²) in [4.78, 5) is 23.9. The Morgan fingerprint density at radius 1 is 1.27 bits per heavy atom. The predicted octanol–water partition coefficient (Wildman–Crippen LogP) is 3.79. The van der Waals surface area contributed by atoms with Crippen LogP contribution in [0.15, 0.2) is 36.4 Å². The summed E-state index contributed by atoms with van der Waals surface area (Å²) >= 11 is 0. The molecule has 0 radical (unpaired) electrons. The molecule has 0 aromatic heterocycles. The van der Waals surface area contributed by atoms with Gasteiger partial charge < -0.3 is 10.1 Å². The highest BCUT2D eigenvalue weighted by Crippen LogP contribution is 2.39. The molecule has 1 saturated heterocycles. The molecule has 1 unspecified atom stereocenters. The van der Waals surface area contributed by atoms with Crippen molar-refractivity contribution in [2.45, 2.75) is 18.9 Å². The number of nitro benzene ring substituents is 1. The van der Waals surface area contributed by atoms with Gasteiger partial charge in [-0.2, -0.15) is 0 Å². The first-order valence-electron chi connectivity index (χ1n) is 8.30. The summed E-state index contributed by atoms with van der Waals surface area (Å²) in [5.41, 5.74) is 2.82. The third-order valence-corrected chi connectivity index (χ3v) is 4.76. The molecular formula is C18H16FN3O4. The molecule has 1 aliphatic carbocycles. The third kappa shape index (κ3) is 2.83. The molecule has 1 aliphatic heterocycles. The summed E-state index contributed by atoms with van der Waals surface area (Å²) in [7, 11) is 0. The number of nitrogens with one attached hydrogen (secondary N) is 1. The van der Waals surface area contributed by atoms with Crippen LogP contribution in [0.4, 0.5) is 26.2 Å². The van der Waals surface area contributed by atoms with Crippen LogP contribution in [0, 0.1) is 15.9 Å². The number of aryl methyl sites for hydroxylation is 1. The summed E-state index contributed by atoms with van der Waals surface area (Å²) < 4.78 is 18.6. The molecule has 134 valence electrons. The summed E-state index contributed by atoms with van der Waals surface area (Å²) in [5, 5.41) is 14.4. The van der Waals surface area contributed by atoms with Crippen LogP contribution >= 0.6 is 0 Å². The second-order valence-electron chi connectivity index (χ2n) is 6.30. The van der Waals surface area contributed by atoms with Crippen molar-refractivity contribution in [2.24, 2.45) is 0 Å². The topological polar surface area (TPSA) is 84.7 Å². The van der Waals surface area contributed by atoms with Crippen LogP contribution in [0.2, 0.25) is 0 Å². The molecule has 1 fully saturated rings. The molecule has 0 bridgehead atoms. The zero-order valence-electron chi connectivity index (χ0n) is 13.8. The number of benzene rings is 2. The maximum absolute atomic E-state index is 13.6. The van der Waals surface area contributed by atoms with Crippen LogP contribution in [0.1, 0.15) is 23.6 Å². The highest BCUT2D eigenvalue weighted by molar-refractivity contribution is 5.94. The number of non-ortho nitro benzene ring substituents is 1. The molecule has 1 amide bonds. The number of hydrogen-bond acceptors (Lipinski definition) is 5.